The maximum absolute atomic E-state index is 13.7. The van der Waals surface area contributed by atoms with E-state index < -0.39 is 17.5 Å². The summed E-state index contributed by atoms with van der Waals surface area (Å²) in [5, 5.41) is 6.03. The molecule has 0 aliphatic carbocycles. The predicted octanol–water partition coefficient (Wildman–Crippen LogP) is 4.71. The predicted molar refractivity (Wildman–Crippen MR) is 95.8 cm³/mol. The van der Waals surface area contributed by atoms with E-state index >= 15 is 0 Å². The van der Waals surface area contributed by atoms with Crippen molar-refractivity contribution in [3.63, 3.8) is 0 Å². The summed E-state index contributed by atoms with van der Waals surface area (Å²) in [5.41, 5.74) is 2.21. The second-order valence-electron chi connectivity index (χ2n) is 6.26. The lowest BCUT2D eigenvalue weighted by Gasteiger charge is -2.09. The van der Waals surface area contributed by atoms with Gasteiger partial charge in [0.15, 0.2) is 5.69 Å². The van der Waals surface area contributed by atoms with Crippen LogP contribution in [0.2, 0.25) is 0 Å². The highest BCUT2D eigenvalue weighted by Gasteiger charge is 2.21. The molecule has 7 heteroatoms. The summed E-state index contributed by atoms with van der Waals surface area (Å²) in [4.78, 5) is 12.5. The van der Waals surface area contributed by atoms with Gasteiger partial charge in [0.1, 0.15) is 29.8 Å². The van der Waals surface area contributed by atoms with Crippen LogP contribution in [0, 0.1) is 32.4 Å². The van der Waals surface area contributed by atoms with Crippen LogP contribution in [0.25, 0.3) is 0 Å². The fourth-order valence-electron chi connectivity index (χ4n) is 2.69. The van der Waals surface area contributed by atoms with Gasteiger partial charge in [-0.15, -0.1) is 0 Å². The normalized spacial score (nSPS) is 10.7. The van der Waals surface area contributed by atoms with Crippen LogP contribution in [0.15, 0.2) is 40.9 Å². The third kappa shape index (κ3) is 4.31. The van der Waals surface area contributed by atoms with Crippen molar-refractivity contribution in [1.29, 1.82) is 0 Å². The second-order valence-corrected chi connectivity index (χ2v) is 6.26. The lowest BCUT2D eigenvalue weighted by Crippen LogP contribution is -2.16. The van der Waals surface area contributed by atoms with E-state index in [1.807, 2.05) is 32.0 Å². The molecule has 1 N–H and O–H groups in total. The molecular formula is C20H18F2N2O3. The first-order valence-corrected chi connectivity index (χ1v) is 8.26. The maximum atomic E-state index is 13.7. The van der Waals surface area contributed by atoms with Gasteiger partial charge in [-0.2, -0.15) is 0 Å². The van der Waals surface area contributed by atoms with Crippen molar-refractivity contribution >= 4 is 11.6 Å². The molecule has 0 aliphatic heterocycles. The Balaban J connectivity index is 1.79. The molecule has 0 saturated carbocycles. The van der Waals surface area contributed by atoms with Gasteiger partial charge in [-0.25, -0.2) is 8.78 Å². The summed E-state index contributed by atoms with van der Waals surface area (Å²) < 4.78 is 37.9. The van der Waals surface area contributed by atoms with Gasteiger partial charge in [0.05, 0.1) is 11.3 Å². The highest BCUT2D eigenvalue weighted by Crippen LogP contribution is 2.22. The third-order valence-corrected chi connectivity index (χ3v) is 3.95. The van der Waals surface area contributed by atoms with E-state index in [0.717, 1.165) is 29.3 Å². The van der Waals surface area contributed by atoms with Crippen molar-refractivity contribution in [2.24, 2.45) is 0 Å². The van der Waals surface area contributed by atoms with Crippen molar-refractivity contribution in [1.82, 2.24) is 5.16 Å². The SMILES string of the molecule is Cc1cc(C)cc(OCc2c(C(=O)Nc3cc(F)ccc3F)noc2C)c1. The molecule has 2 aromatic carbocycles. The molecule has 0 spiro atoms. The smallest absolute Gasteiger partial charge is 0.278 e. The highest BCUT2D eigenvalue weighted by molar-refractivity contribution is 6.03. The fraction of sp³-hybridized carbons (Fsp3) is 0.200. The van der Waals surface area contributed by atoms with Crippen LogP contribution in [0.1, 0.15) is 32.9 Å². The van der Waals surface area contributed by atoms with Gasteiger partial charge in [0.2, 0.25) is 0 Å². The van der Waals surface area contributed by atoms with E-state index in [1.165, 1.54) is 0 Å². The quantitative estimate of drug-likeness (QED) is 0.704. The largest absolute Gasteiger partial charge is 0.489 e. The molecule has 3 aromatic rings. The molecule has 1 amide bonds. The summed E-state index contributed by atoms with van der Waals surface area (Å²) in [6, 6.07) is 8.56. The number of benzene rings is 2. The van der Waals surface area contributed by atoms with E-state index in [2.05, 4.69) is 10.5 Å². The highest BCUT2D eigenvalue weighted by atomic mass is 19.1. The minimum atomic E-state index is -0.752. The number of carbonyl (C=O) groups excluding carboxylic acids is 1. The lowest BCUT2D eigenvalue weighted by molar-refractivity contribution is 0.101. The number of aryl methyl sites for hydroxylation is 3. The number of carbonyl (C=O) groups is 1. The van der Waals surface area contributed by atoms with E-state index in [9.17, 15) is 13.6 Å². The van der Waals surface area contributed by atoms with Gasteiger partial charge >= 0.3 is 0 Å². The van der Waals surface area contributed by atoms with E-state index in [0.29, 0.717) is 17.1 Å². The number of hydrogen-bond acceptors (Lipinski definition) is 4. The van der Waals surface area contributed by atoms with Crippen molar-refractivity contribution < 1.29 is 22.8 Å². The lowest BCUT2D eigenvalue weighted by atomic mass is 10.1. The Bertz CT molecular complexity index is 979. The summed E-state index contributed by atoms with van der Waals surface area (Å²) in [7, 11) is 0. The number of ether oxygens (including phenoxy) is 1. The number of rotatable bonds is 5. The van der Waals surface area contributed by atoms with Crippen LogP contribution in [-0.2, 0) is 6.61 Å². The Hall–Kier alpha value is -3.22. The molecule has 27 heavy (non-hydrogen) atoms. The van der Waals surface area contributed by atoms with Crippen LogP contribution < -0.4 is 10.1 Å². The Kier molecular flexibility index (Phi) is 5.21. The number of nitrogens with one attached hydrogen (secondary N) is 1. The van der Waals surface area contributed by atoms with Gasteiger partial charge in [0.25, 0.3) is 5.91 Å². The fourth-order valence-corrected chi connectivity index (χ4v) is 2.69. The van der Waals surface area contributed by atoms with Gasteiger partial charge in [-0.1, -0.05) is 11.2 Å². The van der Waals surface area contributed by atoms with Gasteiger partial charge < -0.3 is 14.6 Å². The van der Waals surface area contributed by atoms with E-state index in [-0.39, 0.29) is 18.0 Å². The zero-order valence-electron chi connectivity index (χ0n) is 15.1. The molecule has 0 bridgehead atoms. The first-order chi connectivity index (χ1) is 12.8. The monoisotopic (exact) mass is 372 g/mol. The Labute approximate surface area is 154 Å². The summed E-state index contributed by atoms with van der Waals surface area (Å²) in [6.45, 7) is 5.60. The van der Waals surface area contributed by atoms with Gasteiger partial charge in [-0.05, 0) is 56.2 Å². The minimum Gasteiger partial charge on any atom is -0.489 e. The first-order valence-electron chi connectivity index (χ1n) is 8.26. The number of anilines is 1. The first kappa shape index (κ1) is 18.6. The molecule has 5 nitrogen and oxygen atoms in total. The molecule has 0 saturated heterocycles. The molecule has 0 fully saturated rings. The topological polar surface area (TPSA) is 64.4 Å². The molecular weight excluding hydrogens is 354 g/mol. The number of halogens is 2. The maximum Gasteiger partial charge on any atom is 0.278 e. The molecule has 140 valence electrons. The Morgan fingerprint density at radius 3 is 2.52 bits per heavy atom. The third-order valence-electron chi connectivity index (χ3n) is 3.95. The van der Waals surface area contributed by atoms with Crippen molar-refractivity contribution in [3.05, 3.63) is 76.2 Å². The molecule has 3 rings (SSSR count). The van der Waals surface area contributed by atoms with Gasteiger partial charge in [0, 0.05) is 6.07 Å². The minimum absolute atomic E-state index is 0.0412. The zero-order chi connectivity index (χ0) is 19.6. The Morgan fingerprint density at radius 1 is 1.11 bits per heavy atom. The van der Waals surface area contributed by atoms with Crippen LogP contribution in [-0.4, -0.2) is 11.1 Å². The summed E-state index contributed by atoms with van der Waals surface area (Å²) >= 11 is 0. The van der Waals surface area contributed by atoms with E-state index in [1.54, 1.807) is 6.92 Å². The summed E-state index contributed by atoms with van der Waals surface area (Å²) in [5.74, 6) is -1.07. The average molecular weight is 372 g/mol. The number of aromatic nitrogens is 1. The molecule has 0 radical (unpaired) electrons. The van der Waals surface area contributed by atoms with E-state index in [4.69, 9.17) is 9.26 Å². The Morgan fingerprint density at radius 2 is 1.81 bits per heavy atom. The molecule has 1 heterocycles. The van der Waals surface area contributed by atoms with Crippen molar-refractivity contribution in [2.45, 2.75) is 27.4 Å². The molecule has 1 aromatic heterocycles. The second kappa shape index (κ2) is 7.57. The standard InChI is InChI=1S/C20H18F2N2O3/c1-11-6-12(2)8-15(7-11)26-10-16-13(3)27-24-19(16)20(25)23-18-9-14(21)4-5-17(18)22/h4-9H,10H2,1-3H3,(H,23,25). The van der Waals surface area contributed by atoms with Crippen LogP contribution in [0.4, 0.5) is 14.5 Å². The van der Waals surface area contributed by atoms with Crippen LogP contribution >= 0.6 is 0 Å². The summed E-state index contributed by atoms with van der Waals surface area (Å²) in [6.07, 6.45) is 0. The number of amides is 1. The van der Waals surface area contributed by atoms with Crippen molar-refractivity contribution in [3.8, 4) is 5.75 Å². The molecule has 0 atom stereocenters. The van der Waals surface area contributed by atoms with Gasteiger partial charge in [-0.3, -0.25) is 4.79 Å². The number of nitrogens with zero attached hydrogens (tertiary/aromatic N) is 1. The number of hydrogen-bond donors (Lipinski definition) is 1. The zero-order valence-corrected chi connectivity index (χ0v) is 15.1. The molecule has 0 unspecified atom stereocenters. The average Bonchev–Trinajstić information content (AvgIpc) is 2.96. The van der Waals surface area contributed by atoms with Crippen molar-refractivity contribution in [2.75, 3.05) is 5.32 Å². The van der Waals surface area contributed by atoms with Crippen LogP contribution in [0.3, 0.4) is 0 Å². The molecule has 0 aliphatic rings. The van der Waals surface area contributed by atoms with Crippen LogP contribution in [0.5, 0.6) is 5.75 Å².